The van der Waals surface area contributed by atoms with Gasteiger partial charge in [0.1, 0.15) is 10.0 Å². The van der Waals surface area contributed by atoms with Gasteiger partial charge in [0, 0.05) is 12.6 Å². The average molecular weight is 223 g/mol. The summed E-state index contributed by atoms with van der Waals surface area (Å²) in [4.78, 5) is 0. The number of aryl methyl sites for hydroxylation is 1. The van der Waals surface area contributed by atoms with Crippen LogP contribution in [0.25, 0.3) is 0 Å². The third-order valence-corrected chi connectivity index (χ3v) is 4.16. The number of rotatable bonds is 5. The van der Waals surface area contributed by atoms with Gasteiger partial charge in [-0.1, -0.05) is 0 Å². The molecule has 0 spiro atoms. The van der Waals surface area contributed by atoms with Crippen LogP contribution in [0, 0.1) is 18.8 Å². The first kappa shape index (κ1) is 9.73. The van der Waals surface area contributed by atoms with Gasteiger partial charge >= 0.3 is 0 Å². The molecule has 1 aromatic heterocycles. The summed E-state index contributed by atoms with van der Waals surface area (Å²) in [6.45, 7) is 2.93. The normalized spacial score (nSPS) is 21.2. The summed E-state index contributed by atoms with van der Waals surface area (Å²) in [6.07, 6.45) is 5.74. The van der Waals surface area contributed by atoms with Crippen LogP contribution in [-0.4, -0.2) is 16.2 Å². The topological polar surface area (TPSA) is 37.8 Å². The minimum absolute atomic E-state index is 0.772. The molecule has 3 rings (SSSR count). The molecule has 0 saturated heterocycles. The van der Waals surface area contributed by atoms with Crippen LogP contribution in [0.3, 0.4) is 0 Å². The van der Waals surface area contributed by atoms with Crippen molar-refractivity contribution >= 4 is 11.3 Å². The van der Waals surface area contributed by atoms with Crippen LogP contribution in [0.4, 0.5) is 0 Å². The van der Waals surface area contributed by atoms with Gasteiger partial charge in [0.2, 0.25) is 0 Å². The summed E-state index contributed by atoms with van der Waals surface area (Å²) < 4.78 is 0. The van der Waals surface area contributed by atoms with Crippen molar-refractivity contribution in [2.24, 2.45) is 11.8 Å². The lowest BCUT2D eigenvalue weighted by Gasteiger charge is -2.16. The van der Waals surface area contributed by atoms with Gasteiger partial charge in [-0.05, 0) is 44.4 Å². The molecule has 2 aliphatic rings. The lowest BCUT2D eigenvalue weighted by molar-refractivity contribution is 0.415. The largest absolute Gasteiger partial charge is 0.307 e. The molecule has 3 nitrogen and oxygen atoms in total. The fourth-order valence-corrected chi connectivity index (χ4v) is 2.90. The third kappa shape index (κ3) is 2.37. The van der Waals surface area contributed by atoms with Crippen molar-refractivity contribution < 1.29 is 0 Å². The summed E-state index contributed by atoms with van der Waals surface area (Å²) >= 11 is 1.71. The Kier molecular flexibility index (Phi) is 2.48. The Bertz CT molecular complexity index is 329. The Morgan fingerprint density at radius 1 is 1.27 bits per heavy atom. The molecular weight excluding hydrogens is 206 g/mol. The highest BCUT2D eigenvalue weighted by atomic mass is 32.1. The fraction of sp³-hybridized carbons (Fsp3) is 0.818. The first-order valence-electron chi connectivity index (χ1n) is 5.85. The molecule has 4 heteroatoms. The van der Waals surface area contributed by atoms with E-state index in [1.54, 1.807) is 11.3 Å². The van der Waals surface area contributed by atoms with Crippen molar-refractivity contribution in [3.05, 3.63) is 10.0 Å². The molecule has 1 heterocycles. The number of nitrogens with zero attached hydrogens (tertiary/aromatic N) is 2. The molecule has 0 aliphatic heterocycles. The minimum Gasteiger partial charge on any atom is -0.307 e. The summed E-state index contributed by atoms with van der Waals surface area (Å²) in [5.41, 5.74) is 0. The first-order valence-corrected chi connectivity index (χ1v) is 6.67. The van der Waals surface area contributed by atoms with Crippen molar-refractivity contribution in [2.45, 2.75) is 45.2 Å². The van der Waals surface area contributed by atoms with Crippen molar-refractivity contribution in [1.29, 1.82) is 0 Å². The second-order valence-electron chi connectivity index (χ2n) is 4.80. The maximum Gasteiger partial charge on any atom is 0.131 e. The Hall–Kier alpha value is -0.480. The summed E-state index contributed by atoms with van der Waals surface area (Å²) in [6, 6.07) is 0.772. The van der Waals surface area contributed by atoms with Gasteiger partial charge in [-0.3, -0.25) is 0 Å². The highest BCUT2D eigenvalue weighted by molar-refractivity contribution is 7.11. The number of aromatic nitrogens is 2. The molecule has 0 bridgehead atoms. The molecule has 0 atom stereocenters. The molecule has 2 fully saturated rings. The van der Waals surface area contributed by atoms with Gasteiger partial charge in [0.25, 0.3) is 0 Å². The molecule has 0 amide bonds. The molecule has 82 valence electrons. The maximum atomic E-state index is 4.15. The van der Waals surface area contributed by atoms with Gasteiger partial charge in [0.15, 0.2) is 0 Å². The maximum absolute atomic E-state index is 4.15. The molecule has 1 N–H and O–H groups in total. The Balaban J connectivity index is 1.55. The molecule has 15 heavy (non-hydrogen) atoms. The molecule has 0 unspecified atom stereocenters. The zero-order chi connectivity index (χ0) is 10.3. The second-order valence-corrected chi connectivity index (χ2v) is 6.06. The quantitative estimate of drug-likeness (QED) is 0.831. The lowest BCUT2D eigenvalue weighted by atomic mass is 10.1. The van der Waals surface area contributed by atoms with E-state index in [0.717, 1.165) is 34.4 Å². The number of nitrogens with one attached hydrogen (secondary N) is 1. The SMILES string of the molecule is Cc1nnc(CNC(C2CC2)C2CC2)s1. The van der Waals surface area contributed by atoms with E-state index in [-0.39, 0.29) is 0 Å². The number of hydrogen-bond acceptors (Lipinski definition) is 4. The van der Waals surface area contributed by atoms with Crippen molar-refractivity contribution in [3.8, 4) is 0 Å². The van der Waals surface area contributed by atoms with Gasteiger partial charge in [-0.15, -0.1) is 21.5 Å². The van der Waals surface area contributed by atoms with Crippen molar-refractivity contribution in [2.75, 3.05) is 0 Å². The van der Waals surface area contributed by atoms with E-state index in [9.17, 15) is 0 Å². The van der Waals surface area contributed by atoms with Crippen LogP contribution < -0.4 is 5.32 Å². The number of hydrogen-bond donors (Lipinski definition) is 1. The van der Waals surface area contributed by atoms with E-state index in [2.05, 4.69) is 15.5 Å². The van der Waals surface area contributed by atoms with Crippen LogP contribution in [0.15, 0.2) is 0 Å². The van der Waals surface area contributed by atoms with E-state index in [1.807, 2.05) is 6.92 Å². The minimum atomic E-state index is 0.772. The zero-order valence-corrected chi connectivity index (χ0v) is 9.89. The van der Waals surface area contributed by atoms with Crippen molar-refractivity contribution in [3.63, 3.8) is 0 Å². The van der Waals surface area contributed by atoms with Crippen LogP contribution in [-0.2, 0) is 6.54 Å². The van der Waals surface area contributed by atoms with Crippen LogP contribution >= 0.6 is 11.3 Å². The van der Waals surface area contributed by atoms with E-state index in [1.165, 1.54) is 25.7 Å². The smallest absolute Gasteiger partial charge is 0.131 e. The van der Waals surface area contributed by atoms with Gasteiger partial charge in [0.05, 0.1) is 0 Å². The second kappa shape index (κ2) is 3.83. The van der Waals surface area contributed by atoms with Gasteiger partial charge in [-0.2, -0.15) is 0 Å². The van der Waals surface area contributed by atoms with Crippen molar-refractivity contribution in [1.82, 2.24) is 15.5 Å². The highest BCUT2D eigenvalue weighted by Gasteiger charge is 2.41. The predicted octanol–water partition coefficient (Wildman–Crippen LogP) is 2.12. The molecule has 0 aromatic carbocycles. The molecule has 0 radical (unpaired) electrons. The first-order chi connectivity index (χ1) is 7.33. The lowest BCUT2D eigenvalue weighted by Crippen LogP contribution is -2.32. The molecular formula is C11H17N3S. The van der Waals surface area contributed by atoms with Gasteiger partial charge < -0.3 is 5.32 Å². The average Bonchev–Trinajstić information content (AvgIpc) is 3.09. The molecule has 2 saturated carbocycles. The highest BCUT2D eigenvalue weighted by Crippen LogP contribution is 2.44. The van der Waals surface area contributed by atoms with Crippen LogP contribution in [0.1, 0.15) is 35.7 Å². The van der Waals surface area contributed by atoms with Gasteiger partial charge in [-0.25, -0.2) is 0 Å². The van der Waals surface area contributed by atoms with E-state index < -0.39 is 0 Å². The molecule has 1 aromatic rings. The Morgan fingerprint density at radius 3 is 2.40 bits per heavy atom. The van der Waals surface area contributed by atoms with Crippen LogP contribution in [0.2, 0.25) is 0 Å². The summed E-state index contributed by atoms with van der Waals surface area (Å²) in [5, 5.41) is 14.1. The molecule has 2 aliphatic carbocycles. The summed E-state index contributed by atoms with van der Waals surface area (Å²) in [5.74, 6) is 1.93. The van der Waals surface area contributed by atoms with E-state index in [0.29, 0.717) is 0 Å². The van der Waals surface area contributed by atoms with Crippen LogP contribution in [0.5, 0.6) is 0 Å². The third-order valence-electron chi connectivity index (χ3n) is 3.32. The van der Waals surface area contributed by atoms with E-state index >= 15 is 0 Å². The Morgan fingerprint density at radius 2 is 1.93 bits per heavy atom. The van der Waals surface area contributed by atoms with E-state index in [4.69, 9.17) is 0 Å². The predicted molar refractivity (Wildman–Crippen MR) is 60.7 cm³/mol. The fourth-order valence-electron chi connectivity index (χ4n) is 2.24. The summed E-state index contributed by atoms with van der Waals surface area (Å²) in [7, 11) is 0. The standard InChI is InChI=1S/C11H17N3S/c1-7-13-14-10(15-7)6-12-11(8-2-3-8)9-4-5-9/h8-9,11-12H,2-6H2,1H3. The Labute approximate surface area is 94.3 Å². The zero-order valence-electron chi connectivity index (χ0n) is 9.07. The monoisotopic (exact) mass is 223 g/mol.